The lowest BCUT2D eigenvalue weighted by Gasteiger charge is -2.00. The Morgan fingerprint density at radius 1 is 0.933 bits per heavy atom. The maximum Gasteiger partial charge on any atom is 0.114 e. The SMILES string of the molecule is CCCCCCCC#CC(O)CCCC. The molecule has 0 aliphatic carbocycles. The first-order valence-electron chi connectivity index (χ1n) is 6.47. The van der Waals surface area contributed by atoms with Gasteiger partial charge in [0.25, 0.3) is 0 Å². The lowest BCUT2D eigenvalue weighted by molar-refractivity contribution is 0.218. The van der Waals surface area contributed by atoms with Crippen LogP contribution in [0.2, 0.25) is 0 Å². The van der Waals surface area contributed by atoms with Crippen molar-refractivity contribution in [2.45, 2.75) is 77.7 Å². The van der Waals surface area contributed by atoms with Crippen LogP contribution in [0.3, 0.4) is 0 Å². The summed E-state index contributed by atoms with van der Waals surface area (Å²) in [5, 5.41) is 9.45. The smallest absolute Gasteiger partial charge is 0.114 e. The molecule has 1 unspecified atom stereocenters. The zero-order valence-electron chi connectivity index (χ0n) is 10.4. The first-order chi connectivity index (χ1) is 7.31. The third kappa shape index (κ3) is 11.4. The van der Waals surface area contributed by atoms with Gasteiger partial charge in [0.1, 0.15) is 6.10 Å². The van der Waals surface area contributed by atoms with E-state index in [0.29, 0.717) is 0 Å². The van der Waals surface area contributed by atoms with E-state index in [1.165, 1.54) is 32.1 Å². The summed E-state index contributed by atoms with van der Waals surface area (Å²) in [4.78, 5) is 0. The van der Waals surface area contributed by atoms with E-state index >= 15 is 0 Å². The minimum absolute atomic E-state index is 0.388. The Morgan fingerprint density at radius 2 is 1.60 bits per heavy atom. The van der Waals surface area contributed by atoms with Gasteiger partial charge in [0.15, 0.2) is 0 Å². The van der Waals surface area contributed by atoms with Crippen LogP contribution in [0.4, 0.5) is 0 Å². The van der Waals surface area contributed by atoms with Gasteiger partial charge in [0.05, 0.1) is 0 Å². The average Bonchev–Trinajstić information content (AvgIpc) is 2.25. The van der Waals surface area contributed by atoms with E-state index in [1.807, 2.05) is 0 Å². The quantitative estimate of drug-likeness (QED) is 0.476. The van der Waals surface area contributed by atoms with Gasteiger partial charge in [0, 0.05) is 6.42 Å². The summed E-state index contributed by atoms with van der Waals surface area (Å²) in [5.74, 6) is 5.98. The lowest BCUT2D eigenvalue weighted by atomic mass is 10.1. The van der Waals surface area contributed by atoms with Gasteiger partial charge in [-0.1, -0.05) is 58.3 Å². The number of rotatable bonds is 8. The lowest BCUT2D eigenvalue weighted by Crippen LogP contribution is -2.01. The van der Waals surface area contributed by atoms with Crippen molar-refractivity contribution >= 4 is 0 Å². The number of unbranched alkanes of at least 4 members (excludes halogenated alkanes) is 6. The van der Waals surface area contributed by atoms with Gasteiger partial charge < -0.3 is 5.11 Å². The van der Waals surface area contributed by atoms with Crippen molar-refractivity contribution in [2.24, 2.45) is 0 Å². The molecule has 0 saturated heterocycles. The highest BCUT2D eigenvalue weighted by Gasteiger charge is 1.95. The molecule has 0 aromatic heterocycles. The van der Waals surface area contributed by atoms with E-state index in [9.17, 15) is 5.11 Å². The second kappa shape index (κ2) is 11.6. The van der Waals surface area contributed by atoms with Crippen LogP contribution in [-0.4, -0.2) is 11.2 Å². The Balaban J connectivity index is 3.28. The Hall–Kier alpha value is -0.480. The minimum atomic E-state index is -0.388. The molecule has 0 aromatic rings. The van der Waals surface area contributed by atoms with Crippen molar-refractivity contribution in [1.29, 1.82) is 0 Å². The van der Waals surface area contributed by atoms with Crippen LogP contribution in [0.5, 0.6) is 0 Å². The van der Waals surface area contributed by atoms with Crippen LogP contribution >= 0.6 is 0 Å². The Morgan fingerprint density at radius 3 is 2.27 bits per heavy atom. The number of aliphatic hydroxyl groups is 1. The molecule has 0 bridgehead atoms. The highest BCUT2D eigenvalue weighted by atomic mass is 16.3. The molecule has 0 radical (unpaired) electrons. The molecule has 0 rings (SSSR count). The van der Waals surface area contributed by atoms with Crippen molar-refractivity contribution in [3.63, 3.8) is 0 Å². The van der Waals surface area contributed by atoms with Gasteiger partial charge in [-0.25, -0.2) is 0 Å². The molecule has 1 nitrogen and oxygen atoms in total. The summed E-state index contributed by atoms with van der Waals surface area (Å²) in [6.45, 7) is 4.36. The molecule has 0 fully saturated rings. The molecule has 1 heteroatoms. The number of hydrogen-bond donors (Lipinski definition) is 1. The van der Waals surface area contributed by atoms with Crippen molar-refractivity contribution in [3.8, 4) is 11.8 Å². The fourth-order valence-corrected chi connectivity index (χ4v) is 1.48. The van der Waals surface area contributed by atoms with Crippen molar-refractivity contribution in [2.75, 3.05) is 0 Å². The van der Waals surface area contributed by atoms with Crippen LogP contribution in [0.25, 0.3) is 0 Å². The number of hydrogen-bond acceptors (Lipinski definition) is 1. The van der Waals surface area contributed by atoms with E-state index < -0.39 is 0 Å². The molecule has 0 saturated carbocycles. The Bertz CT molecular complexity index is 176. The maximum absolute atomic E-state index is 9.45. The second-order valence-corrected chi connectivity index (χ2v) is 4.14. The standard InChI is InChI=1S/C14H26O/c1-3-5-7-8-9-10-11-13-14(15)12-6-4-2/h14-15H,3-10,12H2,1-2H3. The van der Waals surface area contributed by atoms with Crippen molar-refractivity contribution < 1.29 is 5.11 Å². The highest BCUT2D eigenvalue weighted by Crippen LogP contribution is 2.04. The molecular formula is C14H26O. The third-order valence-electron chi connectivity index (χ3n) is 2.51. The average molecular weight is 210 g/mol. The van der Waals surface area contributed by atoms with E-state index in [2.05, 4.69) is 25.7 Å². The van der Waals surface area contributed by atoms with Gasteiger partial charge in [-0.2, -0.15) is 0 Å². The fourth-order valence-electron chi connectivity index (χ4n) is 1.48. The molecule has 0 heterocycles. The molecule has 0 amide bonds. The number of aliphatic hydroxyl groups excluding tert-OH is 1. The molecule has 88 valence electrons. The van der Waals surface area contributed by atoms with Crippen LogP contribution in [0.15, 0.2) is 0 Å². The van der Waals surface area contributed by atoms with Crippen LogP contribution in [-0.2, 0) is 0 Å². The van der Waals surface area contributed by atoms with Crippen LogP contribution < -0.4 is 0 Å². The summed E-state index contributed by atoms with van der Waals surface area (Å²) in [5.41, 5.74) is 0. The Kier molecular flexibility index (Phi) is 11.2. The molecule has 1 N–H and O–H groups in total. The first-order valence-corrected chi connectivity index (χ1v) is 6.47. The zero-order valence-corrected chi connectivity index (χ0v) is 10.4. The van der Waals surface area contributed by atoms with Crippen molar-refractivity contribution in [3.05, 3.63) is 0 Å². The summed E-state index contributed by atoms with van der Waals surface area (Å²) in [6, 6.07) is 0. The minimum Gasteiger partial charge on any atom is -0.380 e. The molecule has 0 aliphatic rings. The molecule has 0 aliphatic heterocycles. The van der Waals surface area contributed by atoms with E-state index in [1.54, 1.807) is 0 Å². The third-order valence-corrected chi connectivity index (χ3v) is 2.51. The Labute approximate surface area is 95.3 Å². The van der Waals surface area contributed by atoms with Gasteiger partial charge in [-0.05, 0) is 12.8 Å². The summed E-state index contributed by atoms with van der Waals surface area (Å²) >= 11 is 0. The topological polar surface area (TPSA) is 20.2 Å². The second-order valence-electron chi connectivity index (χ2n) is 4.14. The van der Waals surface area contributed by atoms with Gasteiger partial charge in [-0.15, -0.1) is 5.92 Å². The van der Waals surface area contributed by atoms with E-state index in [0.717, 1.165) is 25.7 Å². The predicted molar refractivity (Wildman–Crippen MR) is 66.7 cm³/mol. The largest absolute Gasteiger partial charge is 0.380 e. The molecular weight excluding hydrogens is 184 g/mol. The van der Waals surface area contributed by atoms with Gasteiger partial charge >= 0.3 is 0 Å². The molecule has 15 heavy (non-hydrogen) atoms. The molecule has 0 spiro atoms. The summed E-state index contributed by atoms with van der Waals surface area (Å²) in [6.07, 6.45) is 10.0. The zero-order chi connectivity index (χ0) is 11.4. The summed E-state index contributed by atoms with van der Waals surface area (Å²) < 4.78 is 0. The molecule has 1 atom stereocenters. The normalized spacial score (nSPS) is 11.9. The molecule has 0 aromatic carbocycles. The van der Waals surface area contributed by atoms with Gasteiger partial charge in [-0.3, -0.25) is 0 Å². The highest BCUT2D eigenvalue weighted by molar-refractivity contribution is 5.04. The first kappa shape index (κ1) is 14.5. The predicted octanol–water partition coefficient (Wildman–Crippen LogP) is 3.90. The van der Waals surface area contributed by atoms with E-state index in [-0.39, 0.29) is 6.10 Å². The van der Waals surface area contributed by atoms with Crippen molar-refractivity contribution in [1.82, 2.24) is 0 Å². The van der Waals surface area contributed by atoms with Gasteiger partial charge in [0.2, 0.25) is 0 Å². The van der Waals surface area contributed by atoms with Crippen LogP contribution in [0, 0.1) is 11.8 Å². The maximum atomic E-state index is 9.45. The van der Waals surface area contributed by atoms with E-state index in [4.69, 9.17) is 0 Å². The monoisotopic (exact) mass is 210 g/mol. The summed E-state index contributed by atoms with van der Waals surface area (Å²) in [7, 11) is 0. The van der Waals surface area contributed by atoms with Crippen LogP contribution in [0.1, 0.15) is 71.6 Å². The fraction of sp³-hybridized carbons (Fsp3) is 0.857.